The number of aryl methyl sites for hydroxylation is 1. The van der Waals surface area contributed by atoms with Crippen molar-refractivity contribution in [2.24, 2.45) is 0 Å². The molecule has 2 atom stereocenters. The normalized spacial score (nSPS) is 19.7. The molecule has 8 nitrogen and oxygen atoms in total. The number of hydrogen-bond acceptors (Lipinski definition) is 5. The van der Waals surface area contributed by atoms with Gasteiger partial charge >= 0.3 is 0 Å². The maximum atomic E-state index is 12.9. The van der Waals surface area contributed by atoms with Gasteiger partial charge in [-0.25, -0.2) is 9.67 Å². The predicted octanol–water partition coefficient (Wildman–Crippen LogP) is 1.83. The van der Waals surface area contributed by atoms with Crippen molar-refractivity contribution < 1.29 is 9.53 Å². The minimum atomic E-state index is -0.269. The van der Waals surface area contributed by atoms with E-state index in [1.165, 1.54) is 17.1 Å². The average Bonchev–Trinajstić information content (AvgIpc) is 3.10. The fourth-order valence-corrected chi connectivity index (χ4v) is 3.83. The van der Waals surface area contributed by atoms with Crippen molar-refractivity contribution >= 4 is 16.9 Å². The van der Waals surface area contributed by atoms with Crippen LogP contribution >= 0.6 is 0 Å². The smallest absolute Gasteiger partial charge is 0.264 e. The number of morpholine rings is 1. The second-order valence-electron chi connectivity index (χ2n) is 7.75. The number of carbonyl (C=O) groups is 1. The van der Waals surface area contributed by atoms with Gasteiger partial charge < -0.3 is 9.64 Å². The Morgan fingerprint density at radius 1 is 1.21 bits per heavy atom. The van der Waals surface area contributed by atoms with Crippen LogP contribution in [0.5, 0.6) is 0 Å². The summed E-state index contributed by atoms with van der Waals surface area (Å²) in [4.78, 5) is 31.9. The van der Waals surface area contributed by atoms with Crippen LogP contribution in [0.4, 0.5) is 0 Å². The van der Waals surface area contributed by atoms with E-state index in [1.54, 1.807) is 9.58 Å². The van der Waals surface area contributed by atoms with E-state index in [-0.39, 0.29) is 30.2 Å². The van der Waals surface area contributed by atoms with E-state index in [2.05, 4.69) is 10.1 Å². The second kappa shape index (κ2) is 7.44. The van der Waals surface area contributed by atoms with Crippen molar-refractivity contribution in [3.05, 3.63) is 52.2 Å². The van der Waals surface area contributed by atoms with Crippen LogP contribution in [0.1, 0.15) is 25.0 Å². The molecule has 0 aliphatic carbocycles. The first-order chi connectivity index (χ1) is 13.8. The van der Waals surface area contributed by atoms with Gasteiger partial charge in [0.1, 0.15) is 18.3 Å². The molecule has 3 aromatic rings. The van der Waals surface area contributed by atoms with Gasteiger partial charge in [0.05, 0.1) is 24.1 Å². The van der Waals surface area contributed by atoms with E-state index in [0.717, 1.165) is 16.8 Å². The first-order valence-corrected chi connectivity index (χ1v) is 9.78. The third-order valence-corrected chi connectivity index (χ3v) is 5.44. The third-order valence-electron chi connectivity index (χ3n) is 5.44. The highest BCUT2D eigenvalue weighted by Crippen LogP contribution is 2.20. The van der Waals surface area contributed by atoms with Gasteiger partial charge in [-0.15, -0.1) is 0 Å². The number of hydrogen-bond donors (Lipinski definition) is 0. The van der Waals surface area contributed by atoms with Crippen molar-refractivity contribution in [1.82, 2.24) is 24.2 Å². The molecule has 1 aliphatic rings. The number of carbonyl (C=O) groups excluding carboxylic acids is 1. The molecule has 1 aliphatic heterocycles. The highest BCUT2D eigenvalue weighted by atomic mass is 16.5. The van der Waals surface area contributed by atoms with Gasteiger partial charge in [0.15, 0.2) is 5.65 Å². The van der Waals surface area contributed by atoms with Gasteiger partial charge in [-0.2, -0.15) is 5.10 Å². The zero-order chi connectivity index (χ0) is 20.7. The van der Waals surface area contributed by atoms with Crippen LogP contribution in [0.3, 0.4) is 0 Å². The van der Waals surface area contributed by atoms with E-state index in [4.69, 9.17) is 4.74 Å². The van der Waals surface area contributed by atoms with Gasteiger partial charge in [-0.05, 0) is 44.9 Å². The summed E-state index contributed by atoms with van der Waals surface area (Å²) < 4.78 is 8.70. The highest BCUT2D eigenvalue weighted by molar-refractivity contribution is 5.78. The Balaban J connectivity index is 1.65. The van der Waals surface area contributed by atoms with Crippen LogP contribution in [0.15, 0.2) is 35.5 Å². The lowest BCUT2D eigenvalue weighted by Gasteiger charge is -2.35. The molecule has 152 valence electrons. The van der Waals surface area contributed by atoms with Crippen LogP contribution in [0.2, 0.25) is 0 Å². The number of fused-ring (bicyclic) bond motifs is 1. The maximum absolute atomic E-state index is 12.9. The van der Waals surface area contributed by atoms with Gasteiger partial charge in [-0.3, -0.25) is 14.2 Å². The van der Waals surface area contributed by atoms with Gasteiger partial charge in [0.25, 0.3) is 5.56 Å². The summed E-state index contributed by atoms with van der Waals surface area (Å²) in [5.41, 5.74) is 3.32. The summed E-state index contributed by atoms with van der Waals surface area (Å²) >= 11 is 0. The lowest BCUT2D eigenvalue weighted by Crippen LogP contribution is -2.49. The van der Waals surface area contributed by atoms with Crippen LogP contribution in [-0.4, -0.2) is 55.4 Å². The lowest BCUT2D eigenvalue weighted by molar-refractivity contribution is -0.143. The van der Waals surface area contributed by atoms with E-state index >= 15 is 0 Å². The Morgan fingerprint density at radius 3 is 2.66 bits per heavy atom. The molecule has 1 amide bonds. The lowest BCUT2D eigenvalue weighted by atomic mass is 10.1. The Labute approximate surface area is 168 Å². The highest BCUT2D eigenvalue weighted by Gasteiger charge is 2.26. The number of ether oxygens (including phenoxy) is 1. The van der Waals surface area contributed by atoms with Crippen molar-refractivity contribution in [3.8, 4) is 5.69 Å². The SMILES string of the molecule is Cc1cccc(-n2ncc3c(=O)n(CC(=O)N4C[C@@H](C)O[C@@H](C)C4)cnc32)c1C. The molecule has 4 rings (SSSR count). The van der Waals surface area contributed by atoms with Crippen molar-refractivity contribution in [2.75, 3.05) is 13.1 Å². The molecule has 8 heteroatoms. The summed E-state index contributed by atoms with van der Waals surface area (Å²) in [6.07, 6.45) is 2.91. The molecule has 0 N–H and O–H groups in total. The largest absolute Gasteiger partial charge is 0.372 e. The maximum Gasteiger partial charge on any atom is 0.264 e. The molecule has 0 radical (unpaired) electrons. The van der Waals surface area contributed by atoms with Crippen molar-refractivity contribution in [3.63, 3.8) is 0 Å². The Bertz CT molecular complexity index is 1120. The Kier molecular flexibility index (Phi) is 4.96. The number of aromatic nitrogens is 4. The first-order valence-electron chi connectivity index (χ1n) is 9.78. The number of amides is 1. The minimum absolute atomic E-state index is 0.0178. The van der Waals surface area contributed by atoms with E-state index < -0.39 is 0 Å². The van der Waals surface area contributed by atoms with Gasteiger partial charge in [0.2, 0.25) is 5.91 Å². The molecular weight excluding hydrogens is 370 g/mol. The molecule has 1 aromatic carbocycles. The third kappa shape index (κ3) is 3.55. The average molecular weight is 395 g/mol. The minimum Gasteiger partial charge on any atom is -0.372 e. The molecule has 0 spiro atoms. The van der Waals surface area contributed by atoms with E-state index in [0.29, 0.717) is 24.1 Å². The summed E-state index contributed by atoms with van der Waals surface area (Å²) in [5, 5.41) is 4.78. The number of rotatable bonds is 3. The van der Waals surface area contributed by atoms with Crippen molar-refractivity contribution in [2.45, 2.75) is 46.4 Å². The topological polar surface area (TPSA) is 82.2 Å². The van der Waals surface area contributed by atoms with Crippen LogP contribution < -0.4 is 5.56 Å². The summed E-state index contributed by atoms with van der Waals surface area (Å²) in [7, 11) is 0. The summed E-state index contributed by atoms with van der Waals surface area (Å²) in [6.45, 7) is 8.94. The summed E-state index contributed by atoms with van der Waals surface area (Å²) in [5.74, 6) is -0.114. The molecular formula is C21H25N5O3. The van der Waals surface area contributed by atoms with Gasteiger partial charge in [0, 0.05) is 13.1 Å². The fourth-order valence-electron chi connectivity index (χ4n) is 3.83. The molecule has 1 saturated heterocycles. The molecule has 2 aromatic heterocycles. The fraction of sp³-hybridized carbons (Fsp3) is 0.429. The molecule has 29 heavy (non-hydrogen) atoms. The monoisotopic (exact) mass is 395 g/mol. The van der Waals surface area contributed by atoms with Crippen molar-refractivity contribution in [1.29, 1.82) is 0 Å². The molecule has 1 fully saturated rings. The number of nitrogens with zero attached hydrogens (tertiary/aromatic N) is 5. The zero-order valence-electron chi connectivity index (χ0n) is 17.1. The van der Waals surface area contributed by atoms with E-state index in [9.17, 15) is 9.59 Å². The molecule has 0 saturated carbocycles. The zero-order valence-corrected chi connectivity index (χ0v) is 17.1. The van der Waals surface area contributed by atoms with Gasteiger partial charge in [-0.1, -0.05) is 12.1 Å². The Hall–Kier alpha value is -3.00. The van der Waals surface area contributed by atoms with Crippen LogP contribution in [0, 0.1) is 13.8 Å². The first kappa shape index (κ1) is 19.3. The van der Waals surface area contributed by atoms with E-state index in [1.807, 2.05) is 45.9 Å². The predicted molar refractivity (Wildman–Crippen MR) is 109 cm³/mol. The van der Waals surface area contributed by atoms with Crippen LogP contribution in [-0.2, 0) is 16.1 Å². The summed E-state index contributed by atoms with van der Waals surface area (Å²) in [6, 6.07) is 5.94. The quantitative estimate of drug-likeness (QED) is 0.676. The molecule has 0 unspecified atom stereocenters. The molecule has 0 bridgehead atoms. The second-order valence-corrected chi connectivity index (χ2v) is 7.75. The molecule has 3 heterocycles. The Morgan fingerprint density at radius 2 is 1.93 bits per heavy atom. The van der Waals surface area contributed by atoms with Crippen LogP contribution in [0.25, 0.3) is 16.7 Å². The number of benzene rings is 1. The standard InChI is InChI=1S/C21H25N5O3/c1-13-6-5-7-18(16(13)4)26-20-17(8-23-26)21(28)25(12-22-20)11-19(27)24-9-14(2)29-15(3)10-24/h5-8,12,14-15H,9-11H2,1-4H3/t14-,15+.